The molecular formula is C16H10ClF2N5O2S. The molecule has 0 aliphatic carbocycles. The minimum atomic E-state index is -2.87. The molecule has 0 N–H and O–H groups in total. The van der Waals surface area contributed by atoms with Gasteiger partial charge in [-0.15, -0.1) is 5.10 Å². The Morgan fingerprint density at radius 2 is 2.00 bits per heavy atom. The molecule has 0 bridgehead atoms. The molecule has 2 aromatic carbocycles. The first-order valence-corrected chi connectivity index (χ1v) is 8.96. The van der Waals surface area contributed by atoms with Gasteiger partial charge in [-0.25, -0.2) is 4.98 Å². The lowest BCUT2D eigenvalue weighted by atomic mass is 10.3. The summed E-state index contributed by atoms with van der Waals surface area (Å²) < 4.78 is 35.9. The molecule has 0 aliphatic rings. The number of benzene rings is 2. The van der Waals surface area contributed by atoms with E-state index in [1.807, 2.05) is 0 Å². The van der Waals surface area contributed by atoms with Crippen LogP contribution in [0.3, 0.4) is 0 Å². The molecule has 0 saturated carbocycles. The number of fused-ring (bicyclic) bond motifs is 1. The predicted octanol–water partition coefficient (Wildman–Crippen LogP) is 4.35. The number of ether oxygens (including phenoxy) is 1. The first kappa shape index (κ1) is 17.7. The van der Waals surface area contributed by atoms with Gasteiger partial charge in [-0.3, -0.25) is 0 Å². The van der Waals surface area contributed by atoms with Crippen LogP contribution in [0.5, 0.6) is 5.75 Å². The molecule has 4 aromatic rings. The van der Waals surface area contributed by atoms with Gasteiger partial charge in [0.1, 0.15) is 11.3 Å². The first-order chi connectivity index (χ1) is 13.1. The van der Waals surface area contributed by atoms with E-state index in [1.54, 1.807) is 30.3 Å². The smallest absolute Gasteiger partial charge is 0.387 e. The highest BCUT2D eigenvalue weighted by molar-refractivity contribution is 7.98. The molecule has 7 nitrogen and oxygen atoms in total. The van der Waals surface area contributed by atoms with E-state index in [0.29, 0.717) is 38.6 Å². The second-order valence-corrected chi connectivity index (χ2v) is 6.62. The van der Waals surface area contributed by atoms with E-state index in [9.17, 15) is 8.78 Å². The Morgan fingerprint density at radius 1 is 1.19 bits per heavy atom. The molecule has 2 aromatic heterocycles. The lowest BCUT2D eigenvalue weighted by molar-refractivity contribution is -0.0498. The van der Waals surface area contributed by atoms with Crippen molar-refractivity contribution in [1.82, 2.24) is 25.2 Å². The highest BCUT2D eigenvalue weighted by Crippen LogP contribution is 2.28. The van der Waals surface area contributed by atoms with Gasteiger partial charge in [-0.2, -0.15) is 13.5 Å². The van der Waals surface area contributed by atoms with Crippen LogP contribution >= 0.6 is 23.4 Å². The third-order valence-corrected chi connectivity index (χ3v) is 4.55. The Morgan fingerprint density at radius 3 is 2.78 bits per heavy atom. The molecule has 0 spiro atoms. The Kier molecular flexibility index (Phi) is 4.90. The van der Waals surface area contributed by atoms with Crippen LogP contribution in [-0.2, 0) is 5.75 Å². The quantitative estimate of drug-likeness (QED) is 0.438. The van der Waals surface area contributed by atoms with E-state index in [0.717, 1.165) is 0 Å². The number of nitrogens with zero attached hydrogens (tertiary/aromatic N) is 5. The fourth-order valence-corrected chi connectivity index (χ4v) is 3.24. The second kappa shape index (κ2) is 7.49. The summed E-state index contributed by atoms with van der Waals surface area (Å²) >= 11 is 7.27. The maximum atomic E-state index is 12.2. The molecule has 0 amide bonds. The number of thioether (sulfide) groups is 1. The summed E-state index contributed by atoms with van der Waals surface area (Å²) in [6, 6.07) is 11.2. The van der Waals surface area contributed by atoms with Crippen LogP contribution in [0.25, 0.3) is 16.8 Å². The van der Waals surface area contributed by atoms with Crippen molar-refractivity contribution in [2.24, 2.45) is 0 Å². The van der Waals surface area contributed by atoms with Crippen LogP contribution < -0.4 is 4.74 Å². The van der Waals surface area contributed by atoms with Crippen LogP contribution in [0.2, 0.25) is 5.02 Å². The largest absolute Gasteiger partial charge is 0.435 e. The van der Waals surface area contributed by atoms with Crippen molar-refractivity contribution in [2.45, 2.75) is 17.6 Å². The maximum Gasteiger partial charge on any atom is 0.387 e. The monoisotopic (exact) mass is 409 g/mol. The summed E-state index contributed by atoms with van der Waals surface area (Å²) in [5, 5.41) is 12.6. The molecule has 4 rings (SSSR count). The Labute approximate surface area is 160 Å². The zero-order valence-electron chi connectivity index (χ0n) is 13.4. The number of aromatic nitrogens is 5. The van der Waals surface area contributed by atoms with Gasteiger partial charge in [-0.1, -0.05) is 23.4 Å². The van der Waals surface area contributed by atoms with E-state index in [4.69, 9.17) is 16.0 Å². The van der Waals surface area contributed by atoms with Gasteiger partial charge >= 0.3 is 6.61 Å². The van der Waals surface area contributed by atoms with Crippen LogP contribution in [0, 0.1) is 0 Å². The van der Waals surface area contributed by atoms with Crippen molar-refractivity contribution in [2.75, 3.05) is 0 Å². The molecular weight excluding hydrogens is 400 g/mol. The van der Waals surface area contributed by atoms with Crippen LogP contribution in [0.1, 0.15) is 5.82 Å². The van der Waals surface area contributed by atoms with Gasteiger partial charge in [-0.05, 0) is 52.9 Å². The number of hydrogen-bond donors (Lipinski definition) is 0. The Bertz CT molecular complexity index is 1070. The summed E-state index contributed by atoms with van der Waals surface area (Å²) in [6.45, 7) is -2.87. The molecule has 138 valence electrons. The van der Waals surface area contributed by atoms with Gasteiger partial charge in [0.15, 0.2) is 11.4 Å². The number of tetrazole rings is 1. The molecule has 0 atom stereocenters. The van der Waals surface area contributed by atoms with Crippen LogP contribution in [0.15, 0.2) is 52.1 Å². The molecule has 0 fully saturated rings. The fraction of sp³-hybridized carbons (Fsp3) is 0.125. The van der Waals surface area contributed by atoms with Gasteiger partial charge < -0.3 is 9.15 Å². The van der Waals surface area contributed by atoms with E-state index < -0.39 is 6.61 Å². The van der Waals surface area contributed by atoms with Crippen LogP contribution in [-0.4, -0.2) is 31.8 Å². The molecule has 11 heteroatoms. The summed E-state index contributed by atoms with van der Waals surface area (Å²) in [5.74, 6) is 0.994. The molecule has 0 unspecified atom stereocenters. The highest BCUT2D eigenvalue weighted by Gasteiger charge is 2.13. The standard InChI is InChI=1S/C16H10ClF2N5O2S/c17-9-1-6-13-12(7-9)20-16(26-13)27-8-14-21-22-23-24(14)10-2-4-11(5-3-10)25-15(18)19/h1-7,15H,8H2. The SMILES string of the molecule is FC(F)Oc1ccc(-n2nnnc2CSc2nc3cc(Cl)ccc3o2)cc1. The molecule has 27 heavy (non-hydrogen) atoms. The van der Waals surface area contributed by atoms with Gasteiger partial charge in [0.05, 0.1) is 11.4 Å². The van der Waals surface area contributed by atoms with E-state index in [2.05, 4.69) is 25.2 Å². The number of rotatable bonds is 6. The van der Waals surface area contributed by atoms with E-state index >= 15 is 0 Å². The normalized spacial score (nSPS) is 11.4. The lowest BCUT2D eigenvalue weighted by Crippen LogP contribution is -2.04. The minimum absolute atomic E-state index is 0.0582. The van der Waals surface area contributed by atoms with Gasteiger partial charge in [0.25, 0.3) is 5.22 Å². The minimum Gasteiger partial charge on any atom is -0.435 e. The average Bonchev–Trinajstić information content (AvgIpc) is 3.26. The maximum absolute atomic E-state index is 12.2. The van der Waals surface area contributed by atoms with Crippen molar-refractivity contribution in [3.05, 3.63) is 53.3 Å². The molecule has 0 aliphatic heterocycles. The molecule has 0 saturated heterocycles. The van der Waals surface area contributed by atoms with Crippen molar-refractivity contribution in [1.29, 1.82) is 0 Å². The Hall–Kier alpha value is -2.72. The zero-order valence-corrected chi connectivity index (χ0v) is 15.0. The van der Waals surface area contributed by atoms with Gasteiger partial charge in [0, 0.05) is 5.02 Å². The lowest BCUT2D eigenvalue weighted by Gasteiger charge is -2.06. The van der Waals surface area contributed by atoms with Crippen molar-refractivity contribution in [3.63, 3.8) is 0 Å². The number of hydrogen-bond acceptors (Lipinski definition) is 7. The highest BCUT2D eigenvalue weighted by atomic mass is 35.5. The number of halogens is 3. The van der Waals surface area contributed by atoms with Crippen LogP contribution in [0.4, 0.5) is 8.78 Å². The van der Waals surface area contributed by atoms with Crippen molar-refractivity contribution >= 4 is 34.5 Å². The number of oxazole rings is 1. The van der Waals surface area contributed by atoms with E-state index in [1.165, 1.54) is 28.6 Å². The average molecular weight is 410 g/mol. The predicted molar refractivity (Wildman–Crippen MR) is 94.4 cm³/mol. The van der Waals surface area contributed by atoms with Crippen molar-refractivity contribution < 1.29 is 17.9 Å². The third-order valence-electron chi connectivity index (χ3n) is 3.50. The second-order valence-electron chi connectivity index (χ2n) is 5.26. The number of alkyl halides is 2. The third kappa shape index (κ3) is 4.01. The summed E-state index contributed by atoms with van der Waals surface area (Å²) in [6.07, 6.45) is 0. The topological polar surface area (TPSA) is 78.9 Å². The van der Waals surface area contributed by atoms with E-state index in [-0.39, 0.29) is 5.75 Å². The zero-order chi connectivity index (χ0) is 18.8. The van der Waals surface area contributed by atoms with Gasteiger partial charge in [0.2, 0.25) is 0 Å². The fourth-order valence-electron chi connectivity index (χ4n) is 2.33. The molecule has 0 radical (unpaired) electrons. The first-order valence-electron chi connectivity index (χ1n) is 7.60. The molecule has 2 heterocycles. The summed E-state index contributed by atoms with van der Waals surface area (Å²) in [5.41, 5.74) is 1.91. The Balaban J connectivity index is 1.49. The van der Waals surface area contributed by atoms with Crippen molar-refractivity contribution in [3.8, 4) is 11.4 Å². The summed E-state index contributed by atoms with van der Waals surface area (Å²) in [7, 11) is 0. The summed E-state index contributed by atoms with van der Waals surface area (Å²) in [4.78, 5) is 4.36.